The molecule has 0 aliphatic carbocycles. The number of carbonyl (C=O) groups is 4. The monoisotopic (exact) mass is 404 g/mol. The van der Waals surface area contributed by atoms with Crippen LogP contribution in [0.3, 0.4) is 0 Å². The quantitative estimate of drug-likeness (QED) is 0.654. The van der Waals surface area contributed by atoms with E-state index in [9.17, 15) is 19.2 Å². The Hall–Kier alpha value is -3.99. The van der Waals surface area contributed by atoms with Crippen LogP contribution in [-0.4, -0.2) is 35.1 Å². The van der Waals surface area contributed by atoms with Gasteiger partial charge in [-0.3, -0.25) is 24.1 Å². The summed E-state index contributed by atoms with van der Waals surface area (Å²) in [6.45, 7) is 0.370. The van der Waals surface area contributed by atoms with E-state index in [1.54, 1.807) is 54.6 Å². The molecule has 0 aromatic heterocycles. The van der Waals surface area contributed by atoms with Gasteiger partial charge in [-0.1, -0.05) is 30.3 Å². The summed E-state index contributed by atoms with van der Waals surface area (Å²) in [4.78, 5) is 49.6. The number of para-hydroxylation sites is 1. The molecule has 2 aromatic rings. The normalized spacial score (nSPS) is 12.3. The first-order chi connectivity index (χ1) is 14.5. The average Bonchev–Trinajstić information content (AvgIpc) is 2.98. The maximum Gasteiger partial charge on any atom is 0.261 e. The topological polar surface area (TPSA) is 119 Å². The van der Waals surface area contributed by atoms with Crippen molar-refractivity contribution in [2.24, 2.45) is 0 Å². The largest absolute Gasteiger partial charge is 0.352 e. The molecule has 8 heteroatoms. The third-order valence-electron chi connectivity index (χ3n) is 4.67. The minimum absolute atomic E-state index is 0.149. The molecule has 2 aromatic carbocycles. The molecule has 2 N–H and O–H groups in total. The molecule has 1 aliphatic heterocycles. The molecule has 4 amide bonds. The highest BCUT2D eigenvalue weighted by Gasteiger charge is 2.34. The number of fused-ring (bicyclic) bond motifs is 1. The van der Waals surface area contributed by atoms with Crippen molar-refractivity contribution >= 4 is 29.3 Å². The third kappa shape index (κ3) is 4.70. The smallest absolute Gasteiger partial charge is 0.261 e. The molecular formula is C22H20N4O4. The van der Waals surface area contributed by atoms with Gasteiger partial charge in [0.15, 0.2) is 0 Å². The van der Waals surface area contributed by atoms with Crippen molar-refractivity contribution in [3.63, 3.8) is 0 Å². The van der Waals surface area contributed by atoms with Gasteiger partial charge in [-0.05, 0) is 30.2 Å². The van der Waals surface area contributed by atoms with Crippen molar-refractivity contribution in [1.29, 1.82) is 5.26 Å². The Morgan fingerprint density at radius 2 is 1.57 bits per heavy atom. The van der Waals surface area contributed by atoms with Gasteiger partial charge in [0.25, 0.3) is 11.8 Å². The Balaban J connectivity index is 1.48. The number of carbonyl (C=O) groups excluding carboxylic acids is 4. The van der Waals surface area contributed by atoms with Crippen molar-refractivity contribution in [2.45, 2.75) is 25.8 Å². The number of rotatable bonds is 8. The number of hydrogen-bond acceptors (Lipinski definition) is 5. The second-order valence-electron chi connectivity index (χ2n) is 6.73. The Morgan fingerprint density at radius 3 is 2.23 bits per heavy atom. The number of nitriles is 1. The lowest BCUT2D eigenvalue weighted by Gasteiger charge is -2.14. The van der Waals surface area contributed by atoms with Crippen LogP contribution >= 0.6 is 0 Å². The predicted octanol–water partition coefficient (Wildman–Crippen LogP) is 2.23. The molecule has 3 rings (SSSR count). The number of nitrogens with zero attached hydrogens (tertiary/aromatic N) is 2. The van der Waals surface area contributed by atoms with E-state index in [1.807, 2.05) is 0 Å². The van der Waals surface area contributed by atoms with E-state index in [0.717, 1.165) is 4.90 Å². The highest BCUT2D eigenvalue weighted by Crippen LogP contribution is 2.22. The van der Waals surface area contributed by atoms with Crippen LogP contribution in [0.5, 0.6) is 0 Å². The Kier molecular flexibility index (Phi) is 6.55. The molecular weight excluding hydrogens is 384 g/mol. The molecule has 0 radical (unpaired) electrons. The SMILES string of the molecule is N#CCC(=O)Nc1ccccc1CNC(=O)CCCN1C(=O)c2ccccc2C1=O. The molecule has 0 atom stereocenters. The summed E-state index contributed by atoms with van der Waals surface area (Å²) in [7, 11) is 0. The second kappa shape index (κ2) is 9.47. The van der Waals surface area contributed by atoms with Crippen LogP contribution in [0.1, 0.15) is 45.5 Å². The van der Waals surface area contributed by atoms with Gasteiger partial charge in [-0.2, -0.15) is 5.26 Å². The average molecular weight is 404 g/mol. The number of hydrogen-bond donors (Lipinski definition) is 2. The van der Waals surface area contributed by atoms with Crippen LogP contribution < -0.4 is 10.6 Å². The van der Waals surface area contributed by atoms with Crippen molar-refractivity contribution < 1.29 is 19.2 Å². The van der Waals surface area contributed by atoms with E-state index in [1.165, 1.54) is 0 Å². The summed E-state index contributed by atoms with van der Waals surface area (Å²) in [5, 5.41) is 14.0. The molecule has 8 nitrogen and oxygen atoms in total. The van der Waals surface area contributed by atoms with Gasteiger partial charge in [-0.15, -0.1) is 0 Å². The molecule has 0 unspecified atom stereocenters. The maximum atomic E-state index is 12.3. The Morgan fingerprint density at radius 1 is 0.933 bits per heavy atom. The lowest BCUT2D eigenvalue weighted by Crippen LogP contribution is -2.32. The third-order valence-corrected chi connectivity index (χ3v) is 4.67. The molecule has 0 fully saturated rings. The van der Waals surface area contributed by atoms with Gasteiger partial charge in [0, 0.05) is 25.2 Å². The number of amides is 4. The molecule has 0 bridgehead atoms. The van der Waals surface area contributed by atoms with Gasteiger partial charge >= 0.3 is 0 Å². The lowest BCUT2D eigenvalue weighted by molar-refractivity contribution is -0.121. The van der Waals surface area contributed by atoms with Gasteiger partial charge in [-0.25, -0.2) is 0 Å². The highest BCUT2D eigenvalue weighted by molar-refractivity contribution is 6.21. The summed E-state index contributed by atoms with van der Waals surface area (Å²) in [5.41, 5.74) is 2.02. The highest BCUT2D eigenvalue weighted by atomic mass is 16.2. The van der Waals surface area contributed by atoms with Gasteiger partial charge in [0.1, 0.15) is 6.42 Å². The zero-order valence-corrected chi connectivity index (χ0v) is 16.2. The summed E-state index contributed by atoms with van der Waals surface area (Å²) >= 11 is 0. The van der Waals surface area contributed by atoms with E-state index in [0.29, 0.717) is 28.8 Å². The second-order valence-corrected chi connectivity index (χ2v) is 6.73. The van der Waals surface area contributed by atoms with Crippen LogP contribution in [-0.2, 0) is 16.1 Å². The minimum atomic E-state index is -0.419. The lowest BCUT2D eigenvalue weighted by atomic mass is 10.1. The zero-order valence-electron chi connectivity index (χ0n) is 16.2. The van der Waals surface area contributed by atoms with Crippen LogP contribution in [0.25, 0.3) is 0 Å². The van der Waals surface area contributed by atoms with Crippen molar-refractivity contribution in [3.05, 3.63) is 65.2 Å². The van der Waals surface area contributed by atoms with Crippen LogP contribution in [0.4, 0.5) is 5.69 Å². The van der Waals surface area contributed by atoms with Crippen LogP contribution in [0, 0.1) is 11.3 Å². The van der Waals surface area contributed by atoms with Crippen LogP contribution in [0.2, 0.25) is 0 Å². The van der Waals surface area contributed by atoms with Crippen molar-refractivity contribution in [3.8, 4) is 6.07 Å². The Bertz CT molecular complexity index is 1010. The fourth-order valence-corrected chi connectivity index (χ4v) is 3.18. The fraction of sp³-hybridized carbons (Fsp3) is 0.227. The molecule has 0 spiro atoms. The zero-order chi connectivity index (χ0) is 21.5. The number of anilines is 1. The predicted molar refractivity (Wildman–Crippen MR) is 108 cm³/mol. The summed E-state index contributed by atoms with van der Waals surface area (Å²) < 4.78 is 0. The molecule has 1 heterocycles. The van der Waals surface area contributed by atoms with E-state index < -0.39 is 5.91 Å². The summed E-state index contributed by atoms with van der Waals surface area (Å²) in [5.74, 6) is -1.32. The van der Waals surface area contributed by atoms with Crippen LogP contribution in [0.15, 0.2) is 48.5 Å². The standard InChI is InChI=1S/C22H20N4O4/c23-12-11-20(28)25-18-9-4-1-6-15(18)14-24-19(27)10-5-13-26-21(29)16-7-2-3-8-17(16)22(26)30/h1-4,6-9H,5,10-11,13-14H2,(H,24,27)(H,25,28). The number of imide groups is 1. The summed E-state index contributed by atoms with van der Waals surface area (Å²) in [6, 6.07) is 15.4. The molecule has 1 aliphatic rings. The fourth-order valence-electron chi connectivity index (χ4n) is 3.18. The number of nitrogens with one attached hydrogen (secondary N) is 2. The number of benzene rings is 2. The summed E-state index contributed by atoms with van der Waals surface area (Å²) in [6.07, 6.45) is 0.243. The Labute approximate surface area is 173 Å². The minimum Gasteiger partial charge on any atom is -0.352 e. The van der Waals surface area contributed by atoms with Gasteiger partial charge < -0.3 is 10.6 Å². The van der Waals surface area contributed by atoms with Crippen molar-refractivity contribution in [2.75, 3.05) is 11.9 Å². The first kappa shape index (κ1) is 20.7. The maximum absolute atomic E-state index is 12.3. The van der Waals surface area contributed by atoms with E-state index in [2.05, 4.69) is 10.6 Å². The first-order valence-electron chi connectivity index (χ1n) is 9.48. The van der Waals surface area contributed by atoms with E-state index >= 15 is 0 Å². The van der Waals surface area contributed by atoms with Gasteiger partial charge in [0.2, 0.25) is 11.8 Å². The molecule has 152 valence electrons. The molecule has 0 saturated heterocycles. The first-order valence-corrected chi connectivity index (χ1v) is 9.48. The van der Waals surface area contributed by atoms with E-state index in [4.69, 9.17) is 5.26 Å². The molecule has 30 heavy (non-hydrogen) atoms. The van der Waals surface area contributed by atoms with Gasteiger partial charge in [0.05, 0.1) is 17.2 Å². The van der Waals surface area contributed by atoms with E-state index in [-0.39, 0.29) is 43.7 Å². The molecule has 0 saturated carbocycles. The van der Waals surface area contributed by atoms with Crippen molar-refractivity contribution in [1.82, 2.24) is 10.2 Å².